The van der Waals surface area contributed by atoms with Crippen molar-refractivity contribution in [2.24, 2.45) is 5.92 Å². The molecule has 38 heavy (non-hydrogen) atoms. The van der Waals surface area contributed by atoms with Gasteiger partial charge < -0.3 is 39.7 Å². The molecule has 0 radical (unpaired) electrons. The fraction of sp³-hybridized carbons (Fsp3) is 0.643. The van der Waals surface area contributed by atoms with Crippen molar-refractivity contribution in [3.05, 3.63) is 34.9 Å². The Morgan fingerprint density at radius 2 is 1.92 bits per heavy atom. The van der Waals surface area contributed by atoms with Gasteiger partial charge in [0.1, 0.15) is 12.2 Å². The second-order valence-corrected chi connectivity index (χ2v) is 10.3. The smallest absolute Gasteiger partial charge is 0.247 e. The highest BCUT2D eigenvalue weighted by molar-refractivity contribution is 5.96. The number of amides is 2. The maximum Gasteiger partial charge on any atom is 0.247 e. The Hall–Kier alpha value is -2.66. The van der Waals surface area contributed by atoms with Gasteiger partial charge in [0.05, 0.1) is 45.3 Å². The van der Waals surface area contributed by atoms with E-state index in [1.807, 2.05) is 0 Å². The van der Waals surface area contributed by atoms with Crippen LogP contribution in [0.3, 0.4) is 0 Å². The largest absolute Gasteiger partial charge is 0.493 e. The van der Waals surface area contributed by atoms with Gasteiger partial charge in [-0.3, -0.25) is 9.59 Å². The van der Waals surface area contributed by atoms with E-state index in [2.05, 4.69) is 5.32 Å². The van der Waals surface area contributed by atoms with Crippen LogP contribution in [0.1, 0.15) is 55.6 Å². The minimum absolute atomic E-state index is 0.0626. The summed E-state index contributed by atoms with van der Waals surface area (Å²) < 4.78 is 16.9. The molecule has 210 valence electrons. The van der Waals surface area contributed by atoms with Gasteiger partial charge in [-0.05, 0) is 42.5 Å². The fourth-order valence-corrected chi connectivity index (χ4v) is 5.99. The predicted molar refractivity (Wildman–Crippen MR) is 139 cm³/mol. The summed E-state index contributed by atoms with van der Waals surface area (Å²) in [6.07, 6.45) is 5.32. The molecule has 2 amide bonds. The molecule has 0 aromatic heterocycles. The number of carbonyl (C=O) groups is 2. The van der Waals surface area contributed by atoms with E-state index in [0.29, 0.717) is 40.7 Å². The summed E-state index contributed by atoms with van der Waals surface area (Å²) in [5.41, 5.74) is 1.57. The first-order valence-corrected chi connectivity index (χ1v) is 13.5. The van der Waals surface area contributed by atoms with Crippen LogP contribution in [0.5, 0.6) is 11.5 Å². The number of fused-ring (bicyclic) bond motifs is 3. The summed E-state index contributed by atoms with van der Waals surface area (Å²) in [6.45, 7) is 0.344. The van der Waals surface area contributed by atoms with Crippen molar-refractivity contribution in [1.29, 1.82) is 0 Å². The molecule has 4 N–H and O–H groups in total. The normalized spacial score (nSPS) is 24.6. The molecule has 0 unspecified atom stereocenters. The molecule has 3 aliphatic rings. The van der Waals surface area contributed by atoms with Gasteiger partial charge in [-0.25, -0.2) is 0 Å². The van der Waals surface area contributed by atoms with Crippen molar-refractivity contribution < 1.29 is 39.1 Å². The van der Waals surface area contributed by atoms with Crippen molar-refractivity contribution in [2.45, 2.75) is 69.3 Å². The van der Waals surface area contributed by atoms with Gasteiger partial charge >= 0.3 is 0 Å². The van der Waals surface area contributed by atoms with Crippen LogP contribution in [0.2, 0.25) is 0 Å². The number of benzene rings is 1. The van der Waals surface area contributed by atoms with Crippen LogP contribution in [0.15, 0.2) is 23.8 Å². The van der Waals surface area contributed by atoms with E-state index in [-0.39, 0.29) is 38.7 Å². The molecular weight excluding hydrogens is 492 g/mol. The van der Waals surface area contributed by atoms with Crippen LogP contribution in [0.4, 0.5) is 0 Å². The zero-order chi connectivity index (χ0) is 27.2. The number of aliphatic hydroxyl groups excluding tert-OH is 3. The molecule has 4 atom stereocenters. The van der Waals surface area contributed by atoms with Gasteiger partial charge in [0.15, 0.2) is 11.5 Å². The number of nitrogens with zero attached hydrogens (tertiary/aromatic N) is 1. The van der Waals surface area contributed by atoms with Crippen LogP contribution in [-0.4, -0.2) is 90.8 Å². The second kappa shape index (κ2) is 12.9. The van der Waals surface area contributed by atoms with Crippen LogP contribution < -0.4 is 14.8 Å². The molecule has 0 saturated heterocycles. The van der Waals surface area contributed by atoms with Gasteiger partial charge in [-0.2, -0.15) is 0 Å². The first kappa shape index (κ1) is 28.4. The molecule has 1 fully saturated rings. The van der Waals surface area contributed by atoms with Crippen molar-refractivity contribution in [1.82, 2.24) is 10.2 Å². The Bertz CT molecular complexity index is 1020. The Kier molecular flexibility index (Phi) is 9.64. The summed E-state index contributed by atoms with van der Waals surface area (Å²) in [4.78, 5) is 28.5. The van der Waals surface area contributed by atoms with Gasteiger partial charge in [-0.1, -0.05) is 19.3 Å². The fourth-order valence-electron chi connectivity index (χ4n) is 5.99. The van der Waals surface area contributed by atoms with Crippen LogP contribution >= 0.6 is 0 Å². The molecule has 2 aliphatic carbocycles. The third-order valence-corrected chi connectivity index (χ3v) is 7.87. The lowest BCUT2D eigenvalue weighted by molar-refractivity contribution is -0.139. The Labute approximate surface area is 223 Å². The summed E-state index contributed by atoms with van der Waals surface area (Å²) in [7, 11) is 3.03. The van der Waals surface area contributed by atoms with E-state index < -0.39 is 30.1 Å². The first-order valence-electron chi connectivity index (χ1n) is 13.5. The Morgan fingerprint density at radius 3 is 2.58 bits per heavy atom. The molecule has 1 saturated carbocycles. The highest BCUT2D eigenvalue weighted by Crippen LogP contribution is 2.51. The number of aliphatic hydroxyl groups is 3. The van der Waals surface area contributed by atoms with Gasteiger partial charge in [0.25, 0.3) is 0 Å². The molecule has 10 heteroatoms. The molecule has 10 nitrogen and oxygen atoms in total. The number of hydrogen-bond acceptors (Lipinski definition) is 8. The number of rotatable bonds is 11. The van der Waals surface area contributed by atoms with Crippen LogP contribution in [0.25, 0.3) is 0 Å². The third-order valence-electron chi connectivity index (χ3n) is 7.87. The minimum atomic E-state index is -1.11. The van der Waals surface area contributed by atoms with E-state index in [4.69, 9.17) is 14.2 Å². The molecule has 1 aliphatic heterocycles. The van der Waals surface area contributed by atoms with Crippen LogP contribution in [-0.2, 0) is 20.9 Å². The van der Waals surface area contributed by atoms with Gasteiger partial charge in [-0.15, -0.1) is 0 Å². The average molecular weight is 533 g/mol. The van der Waals surface area contributed by atoms with Gasteiger partial charge in [0, 0.05) is 31.3 Å². The molecule has 0 spiro atoms. The number of ether oxygens (including phenoxy) is 3. The lowest BCUT2D eigenvalue weighted by atomic mass is 9.76. The monoisotopic (exact) mass is 532 g/mol. The van der Waals surface area contributed by atoms with E-state index in [9.17, 15) is 24.9 Å². The average Bonchev–Trinajstić information content (AvgIpc) is 3.34. The van der Waals surface area contributed by atoms with E-state index in [1.165, 1.54) is 13.5 Å². The summed E-state index contributed by atoms with van der Waals surface area (Å²) in [6, 6.07) is 2.64. The van der Waals surface area contributed by atoms with Gasteiger partial charge in [0.2, 0.25) is 11.8 Å². The number of carbonyl (C=O) groups excluding carboxylic acids is 2. The highest BCUT2D eigenvalue weighted by Gasteiger charge is 2.51. The van der Waals surface area contributed by atoms with E-state index in [1.54, 1.807) is 30.2 Å². The second-order valence-electron chi connectivity index (χ2n) is 10.3. The molecular formula is C28H40N2O8. The summed E-state index contributed by atoms with van der Waals surface area (Å²) >= 11 is 0. The lowest BCUT2D eigenvalue weighted by Gasteiger charge is -2.42. The van der Waals surface area contributed by atoms with Crippen molar-refractivity contribution in [2.75, 3.05) is 40.5 Å². The Balaban J connectivity index is 1.76. The Morgan fingerprint density at radius 1 is 1.16 bits per heavy atom. The van der Waals surface area contributed by atoms with Crippen molar-refractivity contribution >= 4 is 11.8 Å². The number of hydrogen-bond donors (Lipinski definition) is 4. The highest BCUT2D eigenvalue weighted by atomic mass is 16.5. The standard InChI is InChI=1S/C28H40N2O8/c1-36-11-8-23(33)30(15-17-6-4-3-5-7-17)21-14-20(28(35)29-9-10-31)24-19-12-18(16-32)13-22(37-2)26(19)38-27(24)25(21)34/h12-14,17,21,24-25,27,31-32,34H,3-11,15-16H2,1-2H3,(H,29,35)/t21-,24+,25+,27+/m1/s1. The number of methoxy groups -OCH3 is 2. The third kappa shape index (κ3) is 5.83. The van der Waals surface area contributed by atoms with E-state index >= 15 is 0 Å². The van der Waals surface area contributed by atoms with E-state index in [0.717, 1.165) is 25.7 Å². The first-order chi connectivity index (χ1) is 18.4. The minimum Gasteiger partial charge on any atom is -0.493 e. The zero-order valence-corrected chi connectivity index (χ0v) is 22.2. The van der Waals surface area contributed by atoms with Crippen molar-refractivity contribution in [3.63, 3.8) is 0 Å². The quantitative estimate of drug-likeness (QED) is 0.334. The summed E-state index contributed by atoms with van der Waals surface area (Å²) in [5.74, 6) is -0.0744. The lowest BCUT2D eigenvalue weighted by Crippen LogP contribution is -2.56. The molecule has 1 heterocycles. The molecule has 1 aromatic rings. The molecule has 0 bridgehead atoms. The topological polar surface area (TPSA) is 138 Å². The SMILES string of the molecule is COCCC(=O)N(CC1CCCCC1)[C@@H]1C=C(C(=O)NCCO)[C@@H]2c3cc(CO)cc(OC)c3O[C@@H]2[C@H]1O. The molecule has 1 aromatic carbocycles. The number of nitrogens with one attached hydrogen (secondary N) is 1. The zero-order valence-electron chi connectivity index (χ0n) is 22.2. The molecule has 4 rings (SSSR count). The van der Waals surface area contributed by atoms with Crippen molar-refractivity contribution in [3.8, 4) is 11.5 Å². The maximum atomic E-state index is 13.4. The maximum absolute atomic E-state index is 13.4. The summed E-state index contributed by atoms with van der Waals surface area (Å²) in [5, 5.41) is 33.5. The predicted octanol–water partition coefficient (Wildman–Crippen LogP) is 1.26. The van der Waals surface area contributed by atoms with Crippen LogP contribution in [0, 0.1) is 5.92 Å².